The van der Waals surface area contributed by atoms with Crippen LogP contribution in [0, 0.1) is 0 Å². The second kappa shape index (κ2) is 7.18. The molecule has 0 aromatic carbocycles. The average Bonchev–Trinajstić information content (AvgIpc) is 3.08. The first-order chi connectivity index (χ1) is 11.7. The van der Waals surface area contributed by atoms with Crippen molar-refractivity contribution in [1.29, 1.82) is 0 Å². The quantitative estimate of drug-likeness (QED) is 0.319. The summed E-state index contributed by atoms with van der Waals surface area (Å²) < 4.78 is 10.0. The van der Waals surface area contributed by atoms with E-state index in [4.69, 9.17) is 21.4 Å². The second-order valence-corrected chi connectivity index (χ2v) is 14.0. The van der Waals surface area contributed by atoms with Crippen LogP contribution in [0.5, 0.6) is 0 Å². The van der Waals surface area contributed by atoms with E-state index in [1.54, 1.807) is 10.9 Å². The third kappa shape index (κ3) is 4.31. The van der Waals surface area contributed by atoms with Gasteiger partial charge in [0.25, 0.3) is 0 Å². The Morgan fingerprint density at radius 2 is 2.08 bits per heavy atom. The highest BCUT2D eigenvalue weighted by Gasteiger charge is 2.18. The van der Waals surface area contributed by atoms with Crippen LogP contribution in [0.2, 0.25) is 30.7 Å². The van der Waals surface area contributed by atoms with Crippen LogP contribution in [0.3, 0.4) is 0 Å². The number of aromatic nitrogens is 5. The third-order valence-electron chi connectivity index (χ3n) is 3.82. The minimum atomic E-state index is -1.12. The Morgan fingerprint density at radius 1 is 1.32 bits per heavy atom. The molecule has 0 fully saturated rings. The number of aryl methyl sites for hydroxylation is 1. The molecule has 0 atom stereocenters. The van der Waals surface area contributed by atoms with Gasteiger partial charge in [0, 0.05) is 33.5 Å². The maximum absolute atomic E-state index is 6.24. The highest BCUT2D eigenvalue weighted by atomic mass is 79.9. The molecule has 6 nitrogen and oxygen atoms in total. The fraction of sp³-hybridized carbons (Fsp3) is 0.438. The van der Waals surface area contributed by atoms with Crippen LogP contribution in [0.1, 0.15) is 0 Å². The molecule has 3 aromatic rings. The predicted molar refractivity (Wildman–Crippen MR) is 107 cm³/mol. The lowest BCUT2D eigenvalue weighted by Crippen LogP contribution is -2.22. The standard InChI is InChI=1S/C16H21BrClN5OSi/c1-22-9-11(8-19-22)14-15-13(7-12(18)16(17)20-15)23(21-14)10-24-5-6-25(2,3)4/h7-9H,5-6,10H2,1-4H3. The number of nitrogens with zero attached hydrogens (tertiary/aromatic N) is 5. The number of hydrogen-bond donors (Lipinski definition) is 0. The van der Waals surface area contributed by atoms with Crippen molar-refractivity contribution in [1.82, 2.24) is 24.5 Å². The van der Waals surface area contributed by atoms with Crippen molar-refractivity contribution in [3.05, 3.63) is 28.1 Å². The van der Waals surface area contributed by atoms with Crippen LogP contribution in [0.15, 0.2) is 23.1 Å². The van der Waals surface area contributed by atoms with Gasteiger partial charge in [-0.05, 0) is 28.0 Å². The molecule has 0 aliphatic heterocycles. The molecule has 3 rings (SSSR count). The Bertz CT molecular complexity index is 902. The van der Waals surface area contributed by atoms with Crippen molar-refractivity contribution in [2.75, 3.05) is 6.61 Å². The van der Waals surface area contributed by atoms with E-state index >= 15 is 0 Å². The maximum Gasteiger partial charge on any atom is 0.140 e. The van der Waals surface area contributed by atoms with Gasteiger partial charge in [-0.2, -0.15) is 10.2 Å². The summed E-state index contributed by atoms with van der Waals surface area (Å²) in [6.45, 7) is 8.11. The van der Waals surface area contributed by atoms with Gasteiger partial charge in [-0.1, -0.05) is 31.2 Å². The summed E-state index contributed by atoms with van der Waals surface area (Å²) in [5.41, 5.74) is 3.31. The Morgan fingerprint density at radius 3 is 2.72 bits per heavy atom. The van der Waals surface area contributed by atoms with E-state index in [1.807, 2.05) is 24.0 Å². The second-order valence-electron chi connectivity index (χ2n) is 7.23. The summed E-state index contributed by atoms with van der Waals surface area (Å²) in [4.78, 5) is 4.56. The van der Waals surface area contributed by atoms with Gasteiger partial charge >= 0.3 is 0 Å². The van der Waals surface area contributed by atoms with Crippen LogP contribution in [0.25, 0.3) is 22.3 Å². The Balaban J connectivity index is 1.94. The average molecular weight is 443 g/mol. The van der Waals surface area contributed by atoms with Crippen molar-refractivity contribution in [3.63, 3.8) is 0 Å². The van der Waals surface area contributed by atoms with Gasteiger partial charge < -0.3 is 4.74 Å². The summed E-state index contributed by atoms with van der Waals surface area (Å²) in [6, 6.07) is 2.98. The zero-order valence-corrected chi connectivity index (χ0v) is 18.1. The molecule has 3 aromatic heterocycles. The molecule has 3 heterocycles. The molecule has 0 unspecified atom stereocenters. The molecule has 9 heteroatoms. The topological polar surface area (TPSA) is 57.8 Å². The van der Waals surface area contributed by atoms with Crippen molar-refractivity contribution in [3.8, 4) is 11.3 Å². The number of halogens is 2. The molecular weight excluding hydrogens is 422 g/mol. The lowest BCUT2D eigenvalue weighted by Gasteiger charge is -2.15. The first kappa shape index (κ1) is 18.6. The van der Waals surface area contributed by atoms with Crippen molar-refractivity contribution < 1.29 is 4.74 Å². The molecule has 0 saturated carbocycles. The summed E-state index contributed by atoms with van der Waals surface area (Å²) in [6.07, 6.45) is 3.70. The number of fused-ring (bicyclic) bond motifs is 1. The lowest BCUT2D eigenvalue weighted by atomic mass is 10.2. The van der Waals surface area contributed by atoms with E-state index in [-0.39, 0.29) is 0 Å². The van der Waals surface area contributed by atoms with Gasteiger partial charge in [0.15, 0.2) is 0 Å². The number of pyridine rings is 1. The van der Waals surface area contributed by atoms with Crippen LogP contribution in [-0.2, 0) is 18.5 Å². The molecular formula is C16H21BrClN5OSi. The van der Waals surface area contributed by atoms with Crippen LogP contribution in [0.4, 0.5) is 0 Å². The summed E-state index contributed by atoms with van der Waals surface area (Å²) in [5, 5.41) is 9.47. The van der Waals surface area contributed by atoms with Crippen LogP contribution < -0.4 is 0 Å². The first-order valence-corrected chi connectivity index (χ1v) is 12.9. The SMILES string of the molecule is Cn1cc(-c2nn(COCC[Si](C)(C)C)c3cc(Cl)c(Br)nc23)cn1. The summed E-state index contributed by atoms with van der Waals surface area (Å²) >= 11 is 9.63. The number of hydrogen-bond acceptors (Lipinski definition) is 4. The van der Waals surface area contributed by atoms with Gasteiger partial charge in [0.2, 0.25) is 0 Å². The predicted octanol–water partition coefficient (Wildman–Crippen LogP) is 4.56. The van der Waals surface area contributed by atoms with Gasteiger partial charge in [-0.15, -0.1) is 0 Å². The fourth-order valence-electron chi connectivity index (χ4n) is 2.42. The molecule has 134 valence electrons. The monoisotopic (exact) mass is 441 g/mol. The fourth-order valence-corrected chi connectivity index (χ4v) is 3.61. The van der Waals surface area contributed by atoms with Crippen LogP contribution in [-0.4, -0.2) is 39.2 Å². The highest BCUT2D eigenvalue weighted by molar-refractivity contribution is 9.10. The minimum absolute atomic E-state index is 0.376. The zero-order valence-electron chi connectivity index (χ0n) is 14.8. The van der Waals surface area contributed by atoms with Crippen molar-refractivity contribution in [2.45, 2.75) is 32.4 Å². The number of rotatable bonds is 6. The molecule has 0 radical (unpaired) electrons. The van der Waals surface area contributed by atoms with E-state index in [1.165, 1.54) is 0 Å². The summed E-state index contributed by atoms with van der Waals surface area (Å²) in [5.74, 6) is 0. The maximum atomic E-state index is 6.24. The zero-order chi connectivity index (χ0) is 18.2. The van der Waals surface area contributed by atoms with E-state index in [0.29, 0.717) is 16.4 Å². The third-order valence-corrected chi connectivity index (χ3v) is 6.65. The molecule has 0 saturated heterocycles. The van der Waals surface area contributed by atoms with Crippen molar-refractivity contribution in [2.24, 2.45) is 7.05 Å². The van der Waals surface area contributed by atoms with Gasteiger partial charge in [-0.3, -0.25) is 4.68 Å². The first-order valence-electron chi connectivity index (χ1n) is 8.04. The van der Waals surface area contributed by atoms with Gasteiger partial charge in [0.05, 0.1) is 16.7 Å². The van der Waals surface area contributed by atoms with E-state index in [9.17, 15) is 0 Å². The Kier molecular flexibility index (Phi) is 5.33. The summed E-state index contributed by atoms with van der Waals surface area (Å²) in [7, 11) is 0.762. The van der Waals surface area contributed by atoms with Gasteiger partial charge in [-0.25, -0.2) is 9.67 Å². The Labute approximate surface area is 161 Å². The molecule has 0 aliphatic rings. The van der Waals surface area contributed by atoms with Crippen LogP contribution >= 0.6 is 27.5 Å². The van der Waals surface area contributed by atoms with E-state index in [2.05, 4.69) is 45.7 Å². The smallest absolute Gasteiger partial charge is 0.140 e. The molecule has 0 bridgehead atoms. The van der Waals surface area contributed by atoms with E-state index in [0.717, 1.165) is 34.9 Å². The number of ether oxygens (including phenoxy) is 1. The Hall–Kier alpha value is -1.22. The lowest BCUT2D eigenvalue weighted by molar-refractivity contribution is 0.0818. The largest absolute Gasteiger partial charge is 0.360 e. The van der Waals surface area contributed by atoms with Crippen molar-refractivity contribution >= 4 is 46.6 Å². The highest BCUT2D eigenvalue weighted by Crippen LogP contribution is 2.31. The molecule has 0 amide bonds. The molecule has 0 aliphatic carbocycles. The molecule has 0 N–H and O–H groups in total. The molecule has 0 spiro atoms. The molecule has 25 heavy (non-hydrogen) atoms. The van der Waals surface area contributed by atoms with E-state index < -0.39 is 8.07 Å². The normalized spacial score (nSPS) is 12.2. The minimum Gasteiger partial charge on any atom is -0.360 e. The van der Waals surface area contributed by atoms with Gasteiger partial charge in [0.1, 0.15) is 22.5 Å².